The second-order valence-corrected chi connectivity index (χ2v) is 5.96. The van der Waals surface area contributed by atoms with E-state index in [9.17, 15) is 14.4 Å². The Labute approximate surface area is 127 Å². The zero-order valence-electron chi connectivity index (χ0n) is 12.3. The first-order valence-corrected chi connectivity index (χ1v) is 7.46. The lowest BCUT2D eigenvalue weighted by Crippen LogP contribution is -2.61. The Morgan fingerprint density at radius 2 is 2.05 bits per heavy atom. The number of thiazole rings is 1. The number of amides is 3. The van der Waals surface area contributed by atoms with Crippen molar-refractivity contribution < 1.29 is 14.4 Å². The van der Waals surface area contributed by atoms with E-state index in [0.29, 0.717) is 18.0 Å². The van der Waals surface area contributed by atoms with Crippen molar-refractivity contribution in [2.24, 2.45) is 0 Å². The molecule has 1 atom stereocenters. The molecular weight excluding hydrogens is 292 g/mol. The Bertz CT molecular complexity index is 544. The molecule has 1 saturated heterocycles. The molecule has 1 aromatic rings. The van der Waals surface area contributed by atoms with Crippen molar-refractivity contribution in [3.05, 3.63) is 16.6 Å². The van der Waals surface area contributed by atoms with Crippen molar-refractivity contribution in [2.75, 3.05) is 33.7 Å². The van der Waals surface area contributed by atoms with Crippen LogP contribution in [0.4, 0.5) is 0 Å². The minimum atomic E-state index is -0.646. The van der Waals surface area contributed by atoms with E-state index in [2.05, 4.69) is 4.98 Å². The van der Waals surface area contributed by atoms with Crippen LogP contribution in [0, 0.1) is 0 Å². The van der Waals surface area contributed by atoms with Crippen molar-refractivity contribution in [1.29, 1.82) is 0 Å². The summed E-state index contributed by atoms with van der Waals surface area (Å²) in [5.41, 5.74) is 1.59. The minimum absolute atomic E-state index is 0.0866. The third-order valence-electron chi connectivity index (χ3n) is 3.46. The molecule has 0 unspecified atom stereocenters. The second-order valence-electron chi connectivity index (χ2n) is 5.08. The van der Waals surface area contributed by atoms with E-state index < -0.39 is 6.04 Å². The van der Waals surface area contributed by atoms with Crippen LogP contribution in [0.5, 0.6) is 0 Å². The van der Waals surface area contributed by atoms with Crippen LogP contribution in [0.15, 0.2) is 11.7 Å². The molecular formula is C13H18N4O3S. The number of aromatic nitrogens is 1. The standard InChI is InChI=1S/C13H18N4O3S/c1-9(18)16-4-5-17(10(7-16)12(19)15(2)3)13(20)11-6-14-8-21-11/h6,8,10H,4-5,7H2,1-3H3/t10-/m1/s1. The van der Waals surface area contributed by atoms with Gasteiger partial charge in [0, 0.05) is 34.1 Å². The first-order chi connectivity index (χ1) is 9.91. The fourth-order valence-electron chi connectivity index (χ4n) is 2.28. The van der Waals surface area contributed by atoms with Gasteiger partial charge in [0.15, 0.2) is 0 Å². The molecule has 21 heavy (non-hydrogen) atoms. The van der Waals surface area contributed by atoms with Gasteiger partial charge in [-0.2, -0.15) is 0 Å². The fraction of sp³-hybridized carbons (Fsp3) is 0.538. The maximum Gasteiger partial charge on any atom is 0.266 e. The molecule has 114 valence electrons. The van der Waals surface area contributed by atoms with Crippen molar-refractivity contribution in [2.45, 2.75) is 13.0 Å². The lowest BCUT2D eigenvalue weighted by Gasteiger charge is -2.40. The van der Waals surface area contributed by atoms with E-state index in [-0.39, 0.29) is 24.3 Å². The number of carbonyl (C=O) groups is 3. The molecule has 1 aliphatic heterocycles. The van der Waals surface area contributed by atoms with Crippen LogP contribution in [-0.2, 0) is 9.59 Å². The summed E-state index contributed by atoms with van der Waals surface area (Å²) in [6.45, 7) is 2.49. The zero-order valence-corrected chi connectivity index (χ0v) is 13.1. The van der Waals surface area contributed by atoms with Crippen LogP contribution >= 0.6 is 11.3 Å². The van der Waals surface area contributed by atoms with E-state index in [1.165, 1.54) is 34.3 Å². The van der Waals surface area contributed by atoms with E-state index >= 15 is 0 Å². The monoisotopic (exact) mass is 310 g/mol. The summed E-state index contributed by atoms with van der Waals surface area (Å²) in [6.07, 6.45) is 1.50. The molecule has 0 spiro atoms. The summed E-state index contributed by atoms with van der Waals surface area (Å²) in [4.78, 5) is 45.3. The summed E-state index contributed by atoms with van der Waals surface area (Å²) in [5.74, 6) is -0.476. The summed E-state index contributed by atoms with van der Waals surface area (Å²) < 4.78 is 0. The van der Waals surface area contributed by atoms with Crippen molar-refractivity contribution >= 4 is 29.1 Å². The van der Waals surface area contributed by atoms with Crippen LogP contribution in [0.3, 0.4) is 0 Å². The summed E-state index contributed by atoms with van der Waals surface area (Å²) >= 11 is 1.25. The van der Waals surface area contributed by atoms with Crippen LogP contribution in [0.25, 0.3) is 0 Å². The molecule has 0 bridgehead atoms. The molecule has 0 aromatic carbocycles. The molecule has 1 aromatic heterocycles. The van der Waals surface area contributed by atoms with Crippen LogP contribution in [-0.4, -0.2) is 77.2 Å². The number of piperazine rings is 1. The molecule has 2 heterocycles. The average Bonchev–Trinajstić information content (AvgIpc) is 2.99. The maximum absolute atomic E-state index is 12.5. The van der Waals surface area contributed by atoms with E-state index in [1.54, 1.807) is 24.5 Å². The smallest absolute Gasteiger partial charge is 0.266 e. The molecule has 8 heteroatoms. The number of likely N-dealkylation sites (N-methyl/N-ethyl adjacent to an activating group) is 1. The first-order valence-electron chi connectivity index (χ1n) is 6.58. The predicted molar refractivity (Wildman–Crippen MR) is 77.9 cm³/mol. The lowest BCUT2D eigenvalue weighted by atomic mass is 10.1. The van der Waals surface area contributed by atoms with Crippen LogP contribution in [0.1, 0.15) is 16.6 Å². The van der Waals surface area contributed by atoms with Gasteiger partial charge in [-0.05, 0) is 0 Å². The molecule has 0 aliphatic carbocycles. The van der Waals surface area contributed by atoms with Crippen molar-refractivity contribution in [3.8, 4) is 0 Å². The van der Waals surface area contributed by atoms with Gasteiger partial charge in [-0.1, -0.05) is 0 Å². The van der Waals surface area contributed by atoms with Gasteiger partial charge in [-0.25, -0.2) is 0 Å². The highest BCUT2D eigenvalue weighted by Gasteiger charge is 2.37. The van der Waals surface area contributed by atoms with Gasteiger partial charge in [0.1, 0.15) is 10.9 Å². The van der Waals surface area contributed by atoms with Gasteiger partial charge >= 0.3 is 0 Å². The molecule has 7 nitrogen and oxygen atoms in total. The summed E-state index contributed by atoms with van der Waals surface area (Å²) in [6, 6.07) is -0.646. The molecule has 0 radical (unpaired) electrons. The summed E-state index contributed by atoms with van der Waals surface area (Å²) in [5, 5.41) is 0. The highest BCUT2D eigenvalue weighted by molar-refractivity contribution is 7.11. The molecule has 2 rings (SSSR count). The molecule has 3 amide bonds. The third kappa shape index (κ3) is 3.21. The van der Waals surface area contributed by atoms with Crippen LogP contribution < -0.4 is 0 Å². The molecule has 1 fully saturated rings. The zero-order chi connectivity index (χ0) is 15.6. The number of nitrogens with zero attached hydrogens (tertiary/aromatic N) is 4. The fourth-order valence-corrected chi connectivity index (χ4v) is 2.86. The SMILES string of the molecule is CC(=O)N1CCN(C(=O)c2cncs2)[C@@H](C(=O)N(C)C)C1. The van der Waals surface area contributed by atoms with Gasteiger partial charge < -0.3 is 14.7 Å². The van der Waals surface area contributed by atoms with Crippen LogP contribution in [0.2, 0.25) is 0 Å². The van der Waals surface area contributed by atoms with Crippen molar-refractivity contribution in [1.82, 2.24) is 19.7 Å². The number of hydrogen-bond acceptors (Lipinski definition) is 5. The van der Waals surface area contributed by atoms with E-state index in [1.807, 2.05) is 0 Å². The van der Waals surface area contributed by atoms with E-state index in [0.717, 1.165) is 0 Å². The minimum Gasteiger partial charge on any atom is -0.347 e. The van der Waals surface area contributed by atoms with Gasteiger partial charge in [-0.3, -0.25) is 19.4 Å². The van der Waals surface area contributed by atoms with E-state index in [4.69, 9.17) is 0 Å². The van der Waals surface area contributed by atoms with Gasteiger partial charge in [0.2, 0.25) is 11.8 Å². The number of carbonyl (C=O) groups excluding carboxylic acids is 3. The number of rotatable bonds is 2. The largest absolute Gasteiger partial charge is 0.347 e. The Morgan fingerprint density at radius 3 is 2.57 bits per heavy atom. The maximum atomic E-state index is 12.5. The first kappa shape index (κ1) is 15.4. The highest BCUT2D eigenvalue weighted by atomic mass is 32.1. The molecule has 0 N–H and O–H groups in total. The third-order valence-corrected chi connectivity index (χ3v) is 4.22. The highest BCUT2D eigenvalue weighted by Crippen LogP contribution is 2.18. The Morgan fingerprint density at radius 1 is 1.33 bits per heavy atom. The van der Waals surface area contributed by atoms with Gasteiger partial charge in [0.25, 0.3) is 5.91 Å². The quantitative estimate of drug-likeness (QED) is 0.765. The topological polar surface area (TPSA) is 73.8 Å². The van der Waals surface area contributed by atoms with Crippen molar-refractivity contribution in [3.63, 3.8) is 0 Å². The normalized spacial score (nSPS) is 18.5. The predicted octanol–water partition coefficient (Wildman–Crippen LogP) is -0.0958. The molecule has 1 aliphatic rings. The Kier molecular flexibility index (Phi) is 4.56. The average molecular weight is 310 g/mol. The van der Waals surface area contributed by atoms with Gasteiger partial charge in [-0.15, -0.1) is 11.3 Å². The summed E-state index contributed by atoms with van der Waals surface area (Å²) in [7, 11) is 3.29. The second kappa shape index (κ2) is 6.21. The Hall–Kier alpha value is -1.96. The molecule has 0 saturated carbocycles. The Balaban J connectivity index is 2.24. The van der Waals surface area contributed by atoms with Gasteiger partial charge in [0.05, 0.1) is 18.3 Å². The lowest BCUT2D eigenvalue weighted by molar-refractivity contribution is -0.139. The number of hydrogen-bond donors (Lipinski definition) is 0.